The molecule has 0 bridgehead atoms. The number of hydrogen-bond donors (Lipinski definition) is 0. The molecule has 0 spiro atoms. The molecule has 1 heterocycles. The number of hydrogen-bond acceptors (Lipinski definition) is 5. The number of unbranched alkanes of at least 4 members (excludes halogenated alkanes) is 1. The summed E-state index contributed by atoms with van der Waals surface area (Å²) in [6, 6.07) is 13.4. The minimum Gasteiger partial charge on any atom is -0.494 e. The molecule has 0 aliphatic heterocycles. The summed E-state index contributed by atoms with van der Waals surface area (Å²) in [5, 5.41) is 0.716. The van der Waals surface area contributed by atoms with Crippen LogP contribution in [0.1, 0.15) is 30.1 Å². The summed E-state index contributed by atoms with van der Waals surface area (Å²) in [5.41, 5.74) is 1.53. The molecule has 0 saturated heterocycles. The van der Waals surface area contributed by atoms with E-state index in [2.05, 4.69) is 27.8 Å². The molecule has 0 unspecified atom stereocenters. The van der Waals surface area contributed by atoms with E-state index in [0.717, 1.165) is 39.8 Å². The van der Waals surface area contributed by atoms with Crippen molar-refractivity contribution in [2.24, 2.45) is 0 Å². The second kappa shape index (κ2) is 11.6. The number of carbonyl (C=O) groups is 1. The monoisotopic (exact) mass is 511 g/mol. The van der Waals surface area contributed by atoms with Gasteiger partial charge in [0, 0.05) is 23.1 Å². The Kier molecular flexibility index (Phi) is 9.55. The second-order valence-corrected chi connectivity index (χ2v) is 9.02. The lowest BCUT2D eigenvalue weighted by molar-refractivity contribution is 0.0985. The summed E-state index contributed by atoms with van der Waals surface area (Å²) >= 11 is 5.03. The molecule has 0 atom stereocenters. The number of halogens is 2. The number of carbonyl (C=O) groups excluding carboxylic acids is 1. The van der Waals surface area contributed by atoms with Gasteiger partial charge in [0.1, 0.15) is 5.75 Å². The fourth-order valence-corrected chi connectivity index (χ4v) is 4.31. The number of fused-ring (bicyclic) bond motifs is 1. The summed E-state index contributed by atoms with van der Waals surface area (Å²) < 4.78 is 7.77. The van der Waals surface area contributed by atoms with E-state index in [1.54, 1.807) is 4.90 Å². The van der Waals surface area contributed by atoms with Gasteiger partial charge in [0.15, 0.2) is 5.13 Å². The smallest absolute Gasteiger partial charge is 0.260 e. The van der Waals surface area contributed by atoms with Gasteiger partial charge in [-0.05, 0) is 63.0 Å². The number of ether oxygens (including phenoxy) is 1. The molecule has 5 nitrogen and oxygen atoms in total. The van der Waals surface area contributed by atoms with E-state index in [1.807, 2.05) is 56.6 Å². The van der Waals surface area contributed by atoms with Crippen LogP contribution < -0.4 is 9.64 Å². The SMILES string of the molecule is CCCCOc1ccc(C(=O)N(CCN(C)C)c2nc3ccc(Br)cc3s2)cc1.Cl. The highest BCUT2D eigenvalue weighted by molar-refractivity contribution is 9.10. The van der Waals surface area contributed by atoms with Crippen LogP contribution in [0.4, 0.5) is 5.13 Å². The molecule has 0 fully saturated rings. The lowest BCUT2D eigenvalue weighted by Crippen LogP contribution is -2.36. The molecule has 2 aromatic carbocycles. The molecular formula is C22H27BrClN3O2S. The highest BCUT2D eigenvalue weighted by Gasteiger charge is 2.21. The third kappa shape index (κ3) is 6.41. The van der Waals surface area contributed by atoms with Crippen LogP contribution in [0.15, 0.2) is 46.9 Å². The topological polar surface area (TPSA) is 45.7 Å². The Balaban J connectivity index is 0.00000320. The molecule has 0 aliphatic carbocycles. The summed E-state index contributed by atoms with van der Waals surface area (Å²) in [7, 11) is 4.00. The number of nitrogens with zero attached hydrogens (tertiary/aromatic N) is 3. The van der Waals surface area contributed by atoms with E-state index < -0.39 is 0 Å². The van der Waals surface area contributed by atoms with Crippen LogP contribution in [0.5, 0.6) is 5.75 Å². The summed E-state index contributed by atoms with van der Waals surface area (Å²) in [4.78, 5) is 21.8. The quantitative estimate of drug-likeness (QED) is 0.337. The van der Waals surface area contributed by atoms with Crippen molar-refractivity contribution in [3.8, 4) is 5.75 Å². The Morgan fingerprint density at radius 1 is 1.13 bits per heavy atom. The van der Waals surface area contributed by atoms with E-state index in [-0.39, 0.29) is 18.3 Å². The first-order valence-electron chi connectivity index (χ1n) is 9.73. The van der Waals surface area contributed by atoms with E-state index in [0.29, 0.717) is 23.8 Å². The van der Waals surface area contributed by atoms with Crippen molar-refractivity contribution in [3.63, 3.8) is 0 Å². The Labute approximate surface area is 196 Å². The fourth-order valence-electron chi connectivity index (χ4n) is 2.77. The van der Waals surface area contributed by atoms with Gasteiger partial charge in [0.2, 0.25) is 0 Å². The van der Waals surface area contributed by atoms with Gasteiger partial charge in [-0.3, -0.25) is 9.69 Å². The molecule has 0 aliphatic rings. The molecule has 0 radical (unpaired) electrons. The van der Waals surface area contributed by atoms with E-state index in [1.165, 1.54) is 11.3 Å². The predicted molar refractivity (Wildman–Crippen MR) is 132 cm³/mol. The predicted octanol–water partition coefficient (Wildman–Crippen LogP) is 5.87. The Morgan fingerprint density at radius 2 is 1.87 bits per heavy atom. The zero-order chi connectivity index (χ0) is 20.8. The molecule has 0 saturated carbocycles. The number of aromatic nitrogens is 1. The Morgan fingerprint density at radius 3 is 2.53 bits per heavy atom. The van der Waals surface area contributed by atoms with Crippen molar-refractivity contribution >= 4 is 60.9 Å². The zero-order valence-corrected chi connectivity index (χ0v) is 20.6. The molecule has 1 aromatic heterocycles. The normalized spacial score (nSPS) is 10.8. The van der Waals surface area contributed by atoms with Gasteiger partial charge in [0.05, 0.1) is 16.8 Å². The first-order chi connectivity index (χ1) is 14.0. The van der Waals surface area contributed by atoms with Crippen LogP contribution in [0, 0.1) is 0 Å². The summed E-state index contributed by atoms with van der Waals surface area (Å²) in [5.74, 6) is 0.741. The molecule has 3 aromatic rings. The number of rotatable bonds is 9. The minimum absolute atomic E-state index is 0. The van der Waals surface area contributed by atoms with Gasteiger partial charge in [-0.15, -0.1) is 12.4 Å². The largest absolute Gasteiger partial charge is 0.494 e. The Hall–Kier alpha value is -1.67. The molecule has 8 heteroatoms. The highest BCUT2D eigenvalue weighted by atomic mass is 79.9. The maximum absolute atomic E-state index is 13.3. The average molecular weight is 513 g/mol. The average Bonchev–Trinajstić information content (AvgIpc) is 3.11. The maximum atomic E-state index is 13.3. The number of anilines is 1. The molecule has 162 valence electrons. The van der Waals surface area contributed by atoms with Crippen LogP contribution in [-0.2, 0) is 0 Å². The second-order valence-electron chi connectivity index (χ2n) is 7.09. The first kappa shape index (κ1) is 24.6. The van der Waals surface area contributed by atoms with Crippen molar-refractivity contribution in [3.05, 3.63) is 52.5 Å². The molecule has 30 heavy (non-hydrogen) atoms. The maximum Gasteiger partial charge on any atom is 0.260 e. The van der Waals surface area contributed by atoms with Crippen molar-refractivity contribution in [2.75, 3.05) is 38.7 Å². The van der Waals surface area contributed by atoms with Gasteiger partial charge < -0.3 is 9.64 Å². The molecule has 1 amide bonds. The molecular weight excluding hydrogens is 486 g/mol. The Bertz CT molecular complexity index is 963. The van der Waals surface area contributed by atoms with Crippen LogP contribution in [0.25, 0.3) is 10.2 Å². The number of amides is 1. The van der Waals surface area contributed by atoms with Crippen LogP contribution in [0.2, 0.25) is 0 Å². The minimum atomic E-state index is -0.0509. The van der Waals surface area contributed by atoms with E-state index in [4.69, 9.17) is 9.72 Å². The number of likely N-dealkylation sites (N-methyl/N-ethyl adjacent to an activating group) is 1. The van der Waals surface area contributed by atoms with Gasteiger partial charge in [-0.1, -0.05) is 40.6 Å². The summed E-state index contributed by atoms with van der Waals surface area (Å²) in [6.45, 7) is 4.15. The van der Waals surface area contributed by atoms with Gasteiger partial charge in [-0.2, -0.15) is 0 Å². The van der Waals surface area contributed by atoms with E-state index in [9.17, 15) is 4.79 Å². The van der Waals surface area contributed by atoms with Gasteiger partial charge in [0.25, 0.3) is 5.91 Å². The van der Waals surface area contributed by atoms with Crippen LogP contribution in [-0.4, -0.2) is 49.6 Å². The van der Waals surface area contributed by atoms with Crippen molar-refractivity contribution < 1.29 is 9.53 Å². The van der Waals surface area contributed by atoms with Crippen molar-refractivity contribution in [1.29, 1.82) is 0 Å². The third-order valence-electron chi connectivity index (χ3n) is 4.45. The van der Waals surface area contributed by atoms with Gasteiger partial charge >= 0.3 is 0 Å². The standard InChI is InChI=1S/C22H26BrN3O2S.ClH/c1-4-5-14-28-18-9-6-16(7-10-18)21(27)26(13-12-25(2)3)22-24-19-11-8-17(23)15-20(19)29-22;/h6-11,15H,4-5,12-14H2,1-3H3;1H. The summed E-state index contributed by atoms with van der Waals surface area (Å²) in [6.07, 6.45) is 2.11. The third-order valence-corrected chi connectivity index (χ3v) is 5.99. The zero-order valence-electron chi connectivity index (χ0n) is 17.4. The first-order valence-corrected chi connectivity index (χ1v) is 11.3. The van der Waals surface area contributed by atoms with Crippen molar-refractivity contribution in [1.82, 2.24) is 9.88 Å². The molecule has 3 rings (SSSR count). The van der Waals surface area contributed by atoms with Crippen molar-refractivity contribution in [2.45, 2.75) is 19.8 Å². The van der Waals surface area contributed by atoms with E-state index >= 15 is 0 Å². The molecule has 0 N–H and O–H groups in total. The number of thiazole rings is 1. The lowest BCUT2D eigenvalue weighted by Gasteiger charge is -2.22. The lowest BCUT2D eigenvalue weighted by atomic mass is 10.2. The fraction of sp³-hybridized carbons (Fsp3) is 0.364. The van der Waals surface area contributed by atoms with Crippen LogP contribution in [0.3, 0.4) is 0 Å². The van der Waals surface area contributed by atoms with Crippen LogP contribution >= 0.6 is 39.7 Å². The van der Waals surface area contributed by atoms with Gasteiger partial charge in [-0.25, -0.2) is 4.98 Å². The number of benzene rings is 2. The highest BCUT2D eigenvalue weighted by Crippen LogP contribution is 2.31.